The summed E-state index contributed by atoms with van der Waals surface area (Å²) in [6.07, 6.45) is -2.93. The summed E-state index contributed by atoms with van der Waals surface area (Å²) in [5.74, 6) is -3.40. The van der Waals surface area contributed by atoms with Crippen LogP contribution in [0.5, 0.6) is 0 Å². The van der Waals surface area contributed by atoms with E-state index in [4.69, 9.17) is 14.2 Å². The quantitative estimate of drug-likeness (QED) is 0.443. The van der Waals surface area contributed by atoms with Crippen LogP contribution in [0.3, 0.4) is 0 Å². The fourth-order valence-electron chi connectivity index (χ4n) is 3.46. The molecule has 0 aromatic heterocycles. The van der Waals surface area contributed by atoms with Crippen molar-refractivity contribution in [3.63, 3.8) is 0 Å². The van der Waals surface area contributed by atoms with Crippen LogP contribution in [-0.4, -0.2) is 59.5 Å². The predicted molar refractivity (Wildman–Crippen MR) is 75.7 cm³/mol. The van der Waals surface area contributed by atoms with Crippen molar-refractivity contribution in [2.75, 3.05) is 13.4 Å². The topological polar surface area (TPSA) is 114 Å². The zero-order valence-corrected chi connectivity index (χ0v) is 12.9. The predicted octanol–water partition coefficient (Wildman–Crippen LogP) is -0.947. The molecule has 2 amide bonds. The molecule has 3 rings (SSSR count). The third kappa shape index (κ3) is 2.81. The number of imide groups is 1. The number of rotatable bonds is 2. The summed E-state index contributed by atoms with van der Waals surface area (Å²) in [5, 5.41) is 23.6. The highest BCUT2D eigenvalue weighted by Crippen LogP contribution is 2.41. The molecule has 0 aromatic carbocycles. The number of carbonyl (C=O) groups excluding carboxylic acids is 2. The number of carbonyl (C=O) groups is 2. The Balaban J connectivity index is 1.78. The summed E-state index contributed by atoms with van der Waals surface area (Å²) in [7, 11) is 0. The van der Waals surface area contributed by atoms with E-state index >= 15 is 0 Å². The summed E-state index contributed by atoms with van der Waals surface area (Å²) in [6.45, 7) is 5.59. The maximum absolute atomic E-state index is 11.5. The second kappa shape index (κ2) is 5.95. The maximum Gasteiger partial charge on any atom is 0.226 e. The van der Waals surface area contributed by atoms with Crippen LogP contribution in [0.4, 0.5) is 0 Å². The lowest BCUT2D eigenvalue weighted by molar-refractivity contribution is -0.338. The molecule has 3 aliphatic rings. The summed E-state index contributed by atoms with van der Waals surface area (Å²) in [5.41, 5.74) is 0.707. The first-order valence-electron chi connectivity index (χ1n) is 7.61. The summed E-state index contributed by atoms with van der Waals surface area (Å²) in [4.78, 5) is 23.1. The van der Waals surface area contributed by atoms with E-state index in [2.05, 4.69) is 11.9 Å². The zero-order valence-electron chi connectivity index (χ0n) is 12.9. The second-order valence-corrected chi connectivity index (χ2v) is 6.39. The Morgan fingerprint density at radius 3 is 2.48 bits per heavy atom. The highest BCUT2D eigenvalue weighted by atomic mass is 16.7. The van der Waals surface area contributed by atoms with Crippen molar-refractivity contribution in [2.24, 2.45) is 11.8 Å². The summed E-state index contributed by atoms with van der Waals surface area (Å²) in [6, 6.07) is 0. The molecule has 5 atom stereocenters. The number of aliphatic hydroxyl groups is 2. The fraction of sp³-hybridized carbons (Fsp3) is 0.733. The van der Waals surface area contributed by atoms with Gasteiger partial charge in [-0.2, -0.15) is 0 Å². The van der Waals surface area contributed by atoms with Crippen LogP contribution in [0.25, 0.3) is 0 Å². The van der Waals surface area contributed by atoms with Gasteiger partial charge in [0.15, 0.2) is 0 Å². The molecule has 3 N–H and O–H groups in total. The van der Waals surface area contributed by atoms with Crippen LogP contribution in [0, 0.1) is 11.8 Å². The van der Waals surface area contributed by atoms with Crippen LogP contribution in [0.1, 0.15) is 19.8 Å². The number of ether oxygens (including phenoxy) is 3. The van der Waals surface area contributed by atoms with Gasteiger partial charge in [-0.15, -0.1) is 0 Å². The van der Waals surface area contributed by atoms with Gasteiger partial charge in [0.25, 0.3) is 0 Å². The SMILES string of the molecule is C=C1CO[C@](O)([C@@H]2OCO[C@H](C3CC(=O)NC(=O)C3)[C@@H]2O)[C@H]1C. The molecule has 0 aromatic rings. The molecule has 3 aliphatic heterocycles. The van der Waals surface area contributed by atoms with E-state index in [0.29, 0.717) is 5.57 Å². The van der Waals surface area contributed by atoms with Crippen molar-refractivity contribution < 1.29 is 34.0 Å². The van der Waals surface area contributed by atoms with Crippen LogP contribution in [0.15, 0.2) is 12.2 Å². The lowest BCUT2D eigenvalue weighted by Crippen LogP contribution is -2.62. The molecule has 0 bridgehead atoms. The molecule has 0 radical (unpaired) electrons. The van der Waals surface area contributed by atoms with E-state index in [1.54, 1.807) is 6.92 Å². The van der Waals surface area contributed by atoms with E-state index in [1.807, 2.05) is 0 Å². The van der Waals surface area contributed by atoms with E-state index < -0.39 is 47.7 Å². The number of nitrogens with one attached hydrogen (secondary N) is 1. The van der Waals surface area contributed by atoms with Crippen LogP contribution in [0.2, 0.25) is 0 Å². The summed E-state index contributed by atoms with van der Waals surface area (Å²) >= 11 is 0. The Labute approximate surface area is 133 Å². The van der Waals surface area contributed by atoms with Gasteiger partial charge in [-0.25, -0.2) is 0 Å². The van der Waals surface area contributed by atoms with Gasteiger partial charge in [0.1, 0.15) is 19.0 Å². The van der Waals surface area contributed by atoms with E-state index in [9.17, 15) is 19.8 Å². The smallest absolute Gasteiger partial charge is 0.226 e. The second-order valence-electron chi connectivity index (χ2n) is 6.39. The van der Waals surface area contributed by atoms with Gasteiger partial charge in [0, 0.05) is 24.7 Å². The molecule has 8 heteroatoms. The fourth-order valence-corrected chi connectivity index (χ4v) is 3.46. The molecule has 0 aliphatic carbocycles. The monoisotopic (exact) mass is 327 g/mol. The lowest BCUT2D eigenvalue weighted by atomic mass is 9.81. The van der Waals surface area contributed by atoms with Crippen molar-refractivity contribution >= 4 is 11.8 Å². The Bertz CT molecular complexity index is 520. The van der Waals surface area contributed by atoms with Gasteiger partial charge in [-0.3, -0.25) is 14.9 Å². The Morgan fingerprint density at radius 1 is 1.26 bits per heavy atom. The molecule has 0 spiro atoms. The van der Waals surface area contributed by atoms with Crippen molar-refractivity contribution in [1.82, 2.24) is 5.32 Å². The average molecular weight is 327 g/mol. The first-order chi connectivity index (χ1) is 10.8. The van der Waals surface area contributed by atoms with Gasteiger partial charge in [-0.05, 0) is 5.57 Å². The number of piperidine rings is 1. The van der Waals surface area contributed by atoms with Crippen LogP contribution in [-0.2, 0) is 23.8 Å². The Hall–Kier alpha value is -1.32. The first-order valence-corrected chi connectivity index (χ1v) is 7.61. The van der Waals surface area contributed by atoms with Gasteiger partial charge >= 0.3 is 0 Å². The maximum atomic E-state index is 11.5. The largest absolute Gasteiger partial charge is 0.387 e. The van der Waals surface area contributed by atoms with Gasteiger partial charge < -0.3 is 24.4 Å². The minimum atomic E-state index is -1.71. The summed E-state index contributed by atoms with van der Waals surface area (Å²) < 4.78 is 16.2. The molecule has 3 heterocycles. The third-order valence-electron chi connectivity index (χ3n) is 4.92. The standard InChI is InChI=1S/C15H21NO7/c1-7-5-23-15(20,8(7)2)14-12(19)13(21-6-22-14)9-3-10(17)16-11(18)4-9/h8-9,12-14,19-20H,1,3-6H2,2H3,(H,16,17,18)/t8-,12-,13+,14+,15-/m0/s1. The molecule has 0 unspecified atom stereocenters. The normalized spacial score (nSPS) is 42.8. The van der Waals surface area contributed by atoms with Crippen molar-refractivity contribution in [2.45, 2.75) is 43.9 Å². The Kier molecular flexibility index (Phi) is 4.28. The molecule has 3 saturated heterocycles. The third-order valence-corrected chi connectivity index (χ3v) is 4.92. The number of hydrogen-bond acceptors (Lipinski definition) is 7. The Morgan fingerprint density at radius 2 is 1.91 bits per heavy atom. The van der Waals surface area contributed by atoms with Crippen molar-refractivity contribution in [3.05, 3.63) is 12.2 Å². The minimum absolute atomic E-state index is 0.0712. The van der Waals surface area contributed by atoms with E-state index in [-0.39, 0.29) is 26.2 Å². The van der Waals surface area contributed by atoms with Crippen LogP contribution >= 0.6 is 0 Å². The number of hydrogen-bond donors (Lipinski definition) is 3. The van der Waals surface area contributed by atoms with Crippen molar-refractivity contribution in [1.29, 1.82) is 0 Å². The molecule has 0 saturated carbocycles. The lowest BCUT2D eigenvalue weighted by Gasteiger charge is -2.45. The molecule has 3 fully saturated rings. The van der Waals surface area contributed by atoms with Gasteiger partial charge in [0.05, 0.1) is 12.7 Å². The van der Waals surface area contributed by atoms with Gasteiger partial charge in [-0.1, -0.05) is 13.5 Å². The van der Waals surface area contributed by atoms with Gasteiger partial charge in [0.2, 0.25) is 17.6 Å². The van der Waals surface area contributed by atoms with Crippen LogP contribution < -0.4 is 5.32 Å². The highest BCUT2D eigenvalue weighted by Gasteiger charge is 2.56. The van der Waals surface area contributed by atoms with E-state index in [0.717, 1.165) is 0 Å². The molecule has 23 heavy (non-hydrogen) atoms. The first kappa shape index (κ1) is 16.5. The molecular formula is C15H21NO7. The number of aliphatic hydroxyl groups excluding tert-OH is 1. The highest BCUT2D eigenvalue weighted by molar-refractivity contribution is 5.97. The average Bonchev–Trinajstić information content (AvgIpc) is 2.75. The van der Waals surface area contributed by atoms with Crippen molar-refractivity contribution in [3.8, 4) is 0 Å². The zero-order chi connectivity index (χ0) is 16.8. The molecular weight excluding hydrogens is 306 g/mol. The number of amides is 2. The molecule has 128 valence electrons. The minimum Gasteiger partial charge on any atom is -0.387 e. The molecule has 8 nitrogen and oxygen atoms in total. The van der Waals surface area contributed by atoms with E-state index in [1.165, 1.54) is 0 Å².